The maximum absolute atomic E-state index is 11.8. The Morgan fingerprint density at radius 1 is 1.04 bits per heavy atom. The van der Waals surface area contributed by atoms with E-state index in [-0.39, 0.29) is 12.7 Å². The lowest BCUT2D eigenvalue weighted by molar-refractivity contribution is -0.0935. The maximum atomic E-state index is 11.8. The summed E-state index contributed by atoms with van der Waals surface area (Å²) in [6, 6.07) is 17.6. The number of aryl methyl sites for hydroxylation is 1. The predicted octanol–water partition coefficient (Wildman–Crippen LogP) is 1.22. The third-order valence-corrected chi connectivity index (χ3v) is 8.33. The second-order valence-electron chi connectivity index (χ2n) is 5.81. The van der Waals surface area contributed by atoms with E-state index < -0.39 is 30.5 Å². The highest BCUT2D eigenvalue weighted by Crippen LogP contribution is 2.15. The lowest BCUT2D eigenvalue weighted by Gasteiger charge is -2.24. The summed E-state index contributed by atoms with van der Waals surface area (Å²) in [5.74, 6) is 0. The van der Waals surface area contributed by atoms with Crippen LogP contribution in [0, 0.1) is 6.92 Å². The number of aliphatic hydroxyl groups excluding tert-OH is 1. The number of benzene rings is 2. The summed E-state index contributed by atoms with van der Waals surface area (Å²) >= 11 is 0. The van der Waals surface area contributed by atoms with Crippen LogP contribution >= 0.6 is 0 Å². The Bertz CT molecular complexity index is 762. The van der Waals surface area contributed by atoms with Crippen LogP contribution in [0.4, 0.5) is 0 Å². The zero-order valence-corrected chi connectivity index (χ0v) is 16.1. The van der Waals surface area contributed by atoms with Gasteiger partial charge in [-0.15, -0.1) is 0 Å². The van der Waals surface area contributed by atoms with Gasteiger partial charge in [0.25, 0.3) is 10.1 Å². The van der Waals surface area contributed by atoms with Crippen molar-refractivity contribution in [1.82, 2.24) is 0 Å². The van der Waals surface area contributed by atoms with E-state index in [4.69, 9.17) is 4.74 Å². The van der Waals surface area contributed by atoms with Gasteiger partial charge in [0.1, 0.15) is 14.0 Å². The molecule has 0 fully saturated rings. The van der Waals surface area contributed by atoms with Gasteiger partial charge in [-0.3, -0.25) is 4.55 Å². The van der Waals surface area contributed by atoms with Crippen LogP contribution in [0.3, 0.4) is 0 Å². The highest BCUT2D eigenvalue weighted by Gasteiger charge is 2.35. The van der Waals surface area contributed by atoms with Gasteiger partial charge in [-0.25, -0.2) is 0 Å². The van der Waals surface area contributed by atoms with Crippen molar-refractivity contribution in [1.29, 1.82) is 0 Å². The molecule has 25 heavy (non-hydrogen) atoms. The molecule has 0 aromatic heterocycles. The normalized spacial score (nSPS) is 14.4. The molecule has 0 heterocycles. The van der Waals surface area contributed by atoms with Crippen molar-refractivity contribution < 1.29 is 22.8 Å². The maximum Gasteiger partial charge on any atom is 0.272 e. The van der Waals surface area contributed by atoms with E-state index >= 15 is 0 Å². The quantitative estimate of drug-likeness (QED) is 0.409. The molecule has 2 N–H and O–H groups in total. The number of rotatable bonds is 8. The topological polar surface area (TPSA) is 83.8 Å². The molecule has 2 rings (SSSR count). The van der Waals surface area contributed by atoms with E-state index in [9.17, 15) is 18.1 Å². The summed E-state index contributed by atoms with van der Waals surface area (Å²) in [6.07, 6.45) is -1.56. The molecule has 0 amide bonds. The Morgan fingerprint density at radius 2 is 1.60 bits per heavy atom. The summed E-state index contributed by atoms with van der Waals surface area (Å²) in [4.78, 5) is 0. The first-order valence-electron chi connectivity index (χ1n) is 8.07. The summed E-state index contributed by atoms with van der Waals surface area (Å²) in [7, 11) is -5.99. The fraction of sp³-hybridized carbons (Fsp3) is 0.333. The third-order valence-electron chi connectivity index (χ3n) is 3.97. The molecule has 5 nitrogen and oxygen atoms in total. The molecule has 7 heteroatoms. The van der Waals surface area contributed by atoms with E-state index in [0.29, 0.717) is 0 Å². The number of hydrogen-bond acceptors (Lipinski definition) is 4. The average Bonchev–Trinajstić information content (AvgIpc) is 2.56. The second-order valence-corrected chi connectivity index (χ2v) is 9.97. The zero-order chi connectivity index (χ0) is 18.4. The summed E-state index contributed by atoms with van der Waals surface area (Å²) in [6.45, 7) is 3.80. The van der Waals surface area contributed by atoms with Crippen LogP contribution in [0.15, 0.2) is 54.6 Å². The third kappa shape index (κ3) is 5.48. The van der Waals surface area contributed by atoms with Crippen LogP contribution in [0.1, 0.15) is 12.5 Å². The minimum Gasteiger partial charge on any atom is -0.367 e. The minimum absolute atomic E-state index is 0.109. The SMILES string of the molecule is CCOC(O)C(C[Si](c1ccccc1)c1ccc(C)cc1)S(=O)(=O)O. The first-order chi connectivity index (χ1) is 11.8. The molecule has 0 saturated heterocycles. The molecular formula is C18H23O5SSi. The highest BCUT2D eigenvalue weighted by atomic mass is 32.2. The first kappa shape index (κ1) is 19.8. The van der Waals surface area contributed by atoms with Crippen LogP contribution in [-0.2, 0) is 14.9 Å². The lowest BCUT2D eigenvalue weighted by atomic mass is 10.2. The van der Waals surface area contributed by atoms with Crippen LogP contribution in [0.5, 0.6) is 0 Å². The molecule has 0 aliphatic rings. The summed E-state index contributed by atoms with van der Waals surface area (Å²) < 4.78 is 38.3. The molecule has 0 bridgehead atoms. The van der Waals surface area contributed by atoms with E-state index in [2.05, 4.69) is 0 Å². The molecule has 2 unspecified atom stereocenters. The van der Waals surface area contributed by atoms with Gasteiger partial charge in [0, 0.05) is 6.61 Å². The van der Waals surface area contributed by atoms with Crippen molar-refractivity contribution in [3.63, 3.8) is 0 Å². The van der Waals surface area contributed by atoms with Crippen LogP contribution < -0.4 is 10.4 Å². The second kappa shape index (κ2) is 8.73. The van der Waals surface area contributed by atoms with E-state index in [1.54, 1.807) is 6.92 Å². The Morgan fingerprint density at radius 3 is 2.12 bits per heavy atom. The Hall–Kier alpha value is -1.51. The fourth-order valence-electron chi connectivity index (χ4n) is 2.63. The lowest BCUT2D eigenvalue weighted by Crippen LogP contribution is -2.48. The monoisotopic (exact) mass is 379 g/mol. The van der Waals surface area contributed by atoms with Crippen molar-refractivity contribution in [3.8, 4) is 0 Å². The molecule has 0 aliphatic heterocycles. The van der Waals surface area contributed by atoms with Crippen LogP contribution in [0.2, 0.25) is 6.04 Å². The van der Waals surface area contributed by atoms with Crippen molar-refractivity contribution >= 4 is 29.3 Å². The van der Waals surface area contributed by atoms with E-state index in [1.807, 2.05) is 61.5 Å². The Labute approximate surface area is 150 Å². The van der Waals surface area contributed by atoms with Gasteiger partial charge >= 0.3 is 0 Å². The molecule has 1 radical (unpaired) electrons. The van der Waals surface area contributed by atoms with Gasteiger partial charge in [0.05, 0.1) is 0 Å². The molecule has 2 aromatic carbocycles. The molecule has 2 aromatic rings. The summed E-state index contributed by atoms with van der Waals surface area (Å²) in [5.41, 5.74) is 1.11. The Balaban J connectivity index is 2.42. The van der Waals surface area contributed by atoms with Gasteiger partial charge in [0.2, 0.25) is 0 Å². The molecular weight excluding hydrogens is 356 g/mol. The molecule has 0 saturated carbocycles. The largest absolute Gasteiger partial charge is 0.367 e. The van der Waals surface area contributed by atoms with E-state index in [0.717, 1.165) is 15.9 Å². The molecule has 0 aliphatic carbocycles. The summed E-state index contributed by atoms with van der Waals surface area (Å²) in [5, 5.41) is 10.7. The molecule has 2 atom stereocenters. The first-order valence-corrected chi connectivity index (χ1v) is 11.3. The molecule has 0 spiro atoms. The van der Waals surface area contributed by atoms with Gasteiger partial charge < -0.3 is 9.84 Å². The van der Waals surface area contributed by atoms with Gasteiger partial charge in [-0.2, -0.15) is 8.42 Å². The van der Waals surface area contributed by atoms with Gasteiger partial charge in [0.15, 0.2) is 6.29 Å². The fourth-order valence-corrected chi connectivity index (χ4v) is 6.92. The van der Waals surface area contributed by atoms with E-state index in [1.165, 1.54) is 0 Å². The van der Waals surface area contributed by atoms with Gasteiger partial charge in [-0.05, 0) is 19.9 Å². The van der Waals surface area contributed by atoms with Gasteiger partial charge in [-0.1, -0.05) is 70.5 Å². The van der Waals surface area contributed by atoms with Crippen LogP contribution in [-0.4, -0.2) is 45.0 Å². The van der Waals surface area contributed by atoms with Crippen molar-refractivity contribution in [2.75, 3.05) is 6.61 Å². The Kier molecular flexibility index (Phi) is 6.92. The zero-order valence-electron chi connectivity index (χ0n) is 14.3. The van der Waals surface area contributed by atoms with Crippen molar-refractivity contribution in [3.05, 3.63) is 60.2 Å². The highest BCUT2D eigenvalue weighted by molar-refractivity contribution is 7.86. The number of ether oxygens (including phenoxy) is 1. The number of hydrogen-bond donors (Lipinski definition) is 2. The van der Waals surface area contributed by atoms with Crippen molar-refractivity contribution in [2.45, 2.75) is 31.4 Å². The van der Waals surface area contributed by atoms with Crippen LogP contribution in [0.25, 0.3) is 0 Å². The average molecular weight is 380 g/mol. The smallest absolute Gasteiger partial charge is 0.272 e. The predicted molar refractivity (Wildman–Crippen MR) is 100 cm³/mol. The number of aliphatic hydroxyl groups is 1. The standard InChI is InChI=1S/C18H23O5SSi/c1-3-23-18(19)17(24(20,21)22)13-25(15-7-5-4-6-8-15)16-11-9-14(2)10-12-16/h4-12,17-19H,3,13H2,1-2H3,(H,20,21,22). The minimum atomic E-state index is -4.46. The van der Waals surface area contributed by atoms with Crippen molar-refractivity contribution in [2.24, 2.45) is 0 Å². The molecule has 135 valence electrons.